The van der Waals surface area contributed by atoms with Gasteiger partial charge in [-0.3, -0.25) is 24.0 Å². The van der Waals surface area contributed by atoms with Crippen molar-refractivity contribution in [3.63, 3.8) is 0 Å². The molecule has 1 N–H and O–H groups in total. The number of nitrogens with one attached hydrogen (secondary N) is 1. The molecule has 0 aromatic heterocycles. The molecule has 1 aliphatic heterocycles. The van der Waals surface area contributed by atoms with Gasteiger partial charge in [-0.15, -0.1) is 0 Å². The minimum absolute atomic E-state index is 0.0736. The number of nitrogens with zero attached hydrogens (tertiary/aromatic N) is 3. The summed E-state index contributed by atoms with van der Waals surface area (Å²) in [4.78, 5) is 37.0. The summed E-state index contributed by atoms with van der Waals surface area (Å²) in [5, 5.41) is 13.9. The third kappa shape index (κ3) is 6.01. The van der Waals surface area contributed by atoms with Gasteiger partial charge in [0.1, 0.15) is 18.0 Å². The number of non-ortho nitro benzene ring substituents is 1. The average molecular weight is 491 g/mol. The molecular weight excluding hydrogens is 464 g/mol. The van der Waals surface area contributed by atoms with E-state index in [0.29, 0.717) is 19.5 Å². The van der Waals surface area contributed by atoms with Gasteiger partial charge in [-0.1, -0.05) is 24.3 Å². The molecule has 2 aromatic carbocycles. The zero-order valence-electron chi connectivity index (χ0n) is 18.9. The van der Waals surface area contributed by atoms with Crippen molar-refractivity contribution in [1.29, 1.82) is 0 Å². The van der Waals surface area contributed by atoms with Crippen molar-refractivity contribution in [2.45, 2.75) is 25.9 Å². The van der Waals surface area contributed by atoms with Crippen LogP contribution in [0.3, 0.4) is 0 Å². The number of hydrogen-bond acceptors (Lipinski definition) is 7. The zero-order chi connectivity index (χ0) is 24.9. The van der Waals surface area contributed by atoms with E-state index in [-0.39, 0.29) is 29.6 Å². The number of sulfonamides is 1. The van der Waals surface area contributed by atoms with Crippen molar-refractivity contribution in [2.24, 2.45) is 0 Å². The maximum atomic E-state index is 12.7. The highest BCUT2D eigenvalue weighted by Crippen LogP contribution is 2.33. The van der Waals surface area contributed by atoms with E-state index in [4.69, 9.17) is 4.74 Å². The number of nitro benzene ring substituents is 1. The molecule has 1 heterocycles. The summed E-state index contributed by atoms with van der Waals surface area (Å²) < 4.78 is 30.8. The first-order valence-electron chi connectivity index (χ1n) is 10.5. The van der Waals surface area contributed by atoms with Gasteiger partial charge >= 0.3 is 0 Å². The number of nitro groups is 1. The molecule has 0 aliphatic carbocycles. The van der Waals surface area contributed by atoms with Crippen molar-refractivity contribution in [3.8, 4) is 5.75 Å². The summed E-state index contributed by atoms with van der Waals surface area (Å²) in [6, 6.07) is 10.9. The van der Waals surface area contributed by atoms with Crippen LogP contribution in [0.5, 0.6) is 5.75 Å². The Labute approximate surface area is 197 Å². The summed E-state index contributed by atoms with van der Waals surface area (Å²) in [5.74, 6) is -0.441. The SMILES string of the molecule is COc1ccc([N+](=O)[O-])cc1N(CC(=O)NCc1ccccc1CN1CCCC1=O)S(C)(=O)=O. The molecule has 0 atom stereocenters. The first-order chi connectivity index (χ1) is 16.1. The van der Waals surface area contributed by atoms with Gasteiger partial charge in [-0.2, -0.15) is 0 Å². The fourth-order valence-corrected chi connectivity index (χ4v) is 4.56. The Balaban J connectivity index is 1.76. The number of anilines is 1. The summed E-state index contributed by atoms with van der Waals surface area (Å²) in [6.45, 7) is 0.656. The monoisotopic (exact) mass is 490 g/mol. The Morgan fingerprint density at radius 3 is 2.53 bits per heavy atom. The van der Waals surface area contributed by atoms with Gasteiger partial charge in [-0.05, 0) is 23.6 Å². The fraction of sp³-hybridized carbons (Fsp3) is 0.364. The van der Waals surface area contributed by atoms with E-state index in [1.54, 1.807) is 4.90 Å². The summed E-state index contributed by atoms with van der Waals surface area (Å²) in [6.07, 6.45) is 2.25. The molecule has 0 spiro atoms. The molecule has 0 unspecified atom stereocenters. The van der Waals surface area contributed by atoms with Crippen molar-refractivity contribution >= 4 is 33.2 Å². The molecule has 2 aromatic rings. The fourth-order valence-electron chi connectivity index (χ4n) is 3.71. The predicted molar refractivity (Wildman–Crippen MR) is 125 cm³/mol. The van der Waals surface area contributed by atoms with Crippen LogP contribution in [-0.2, 0) is 32.7 Å². The van der Waals surface area contributed by atoms with Gasteiger partial charge in [0.05, 0.1) is 18.3 Å². The van der Waals surface area contributed by atoms with E-state index in [0.717, 1.165) is 34.2 Å². The number of hydrogen-bond donors (Lipinski definition) is 1. The highest BCUT2D eigenvalue weighted by Gasteiger charge is 2.26. The van der Waals surface area contributed by atoms with Crippen LogP contribution in [0, 0.1) is 10.1 Å². The highest BCUT2D eigenvalue weighted by molar-refractivity contribution is 7.92. The van der Waals surface area contributed by atoms with Crippen LogP contribution in [0.2, 0.25) is 0 Å². The van der Waals surface area contributed by atoms with Gasteiger partial charge in [0, 0.05) is 38.2 Å². The van der Waals surface area contributed by atoms with Crippen LogP contribution in [0.15, 0.2) is 42.5 Å². The zero-order valence-corrected chi connectivity index (χ0v) is 19.7. The van der Waals surface area contributed by atoms with E-state index in [1.807, 2.05) is 24.3 Å². The Hall–Kier alpha value is -3.67. The standard InChI is InChI=1S/C22H26N4O7S/c1-33-20-10-9-18(26(29)30)12-19(20)25(34(2,31)32)15-21(27)23-13-16-6-3-4-7-17(16)14-24-11-5-8-22(24)28/h3-4,6-7,9-10,12H,5,8,11,13-15H2,1-2H3,(H,23,27). The molecule has 0 saturated carbocycles. The van der Waals surface area contributed by atoms with Crippen molar-refractivity contribution in [3.05, 3.63) is 63.7 Å². The maximum absolute atomic E-state index is 12.7. The minimum Gasteiger partial charge on any atom is -0.495 e. The van der Waals surface area contributed by atoms with Crippen molar-refractivity contribution in [1.82, 2.24) is 10.2 Å². The third-order valence-electron chi connectivity index (χ3n) is 5.46. The Kier molecular flexibility index (Phi) is 7.72. The van der Waals surface area contributed by atoms with Crippen LogP contribution < -0.4 is 14.4 Å². The maximum Gasteiger partial charge on any atom is 0.271 e. The van der Waals surface area contributed by atoms with Crippen LogP contribution in [-0.4, -0.2) is 56.5 Å². The Morgan fingerprint density at radius 1 is 1.24 bits per heavy atom. The van der Waals surface area contributed by atoms with Crippen LogP contribution >= 0.6 is 0 Å². The van der Waals surface area contributed by atoms with Gasteiger partial charge in [0.15, 0.2) is 0 Å². The molecular formula is C22H26N4O7S. The lowest BCUT2D eigenvalue weighted by molar-refractivity contribution is -0.384. The molecule has 1 aliphatic rings. The molecule has 12 heteroatoms. The van der Waals surface area contributed by atoms with Crippen molar-refractivity contribution < 1.29 is 27.7 Å². The molecule has 3 rings (SSSR count). The van der Waals surface area contributed by atoms with Crippen LogP contribution in [0.25, 0.3) is 0 Å². The summed E-state index contributed by atoms with van der Waals surface area (Å²) in [5.41, 5.74) is 1.24. The second-order valence-electron chi connectivity index (χ2n) is 7.85. The normalized spacial score (nSPS) is 13.6. The quantitative estimate of drug-likeness (QED) is 0.396. The van der Waals surface area contributed by atoms with Gasteiger partial charge in [-0.25, -0.2) is 8.42 Å². The lowest BCUT2D eigenvalue weighted by Gasteiger charge is -2.24. The topological polar surface area (TPSA) is 139 Å². The van der Waals surface area contributed by atoms with Crippen LogP contribution in [0.1, 0.15) is 24.0 Å². The minimum atomic E-state index is -3.98. The van der Waals surface area contributed by atoms with E-state index in [2.05, 4.69) is 5.32 Å². The number of carbonyl (C=O) groups excluding carboxylic acids is 2. The summed E-state index contributed by atoms with van der Waals surface area (Å²) in [7, 11) is -2.68. The first kappa shape index (κ1) is 25.0. The second kappa shape index (κ2) is 10.5. The number of carbonyl (C=O) groups is 2. The predicted octanol–water partition coefficient (Wildman–Crippen LogP) is 1.81. The van der Waals surface area contributed by atoms with Crippen LogP contribution in [0.4, 0.5) is 11.4 Å². The smallest absolute Gasteiger partial charge is 0.271 e. The number of ether oxygens (including phenoxy) is 1. The molecule has 2 amide bonds. The lowest BCUT2D eigenvalue weighted by atomic mass is 10.1. The van der Waals surface area contributed by atoms with Crippen molar-refractivity contribution in [2.75, 3.05) is 30.8 Å². The number of methoxy groups -OCH3 is 1. The van der Waals surface area contributed by atoms with Gasteiger partial charge in [0.2, 0.25) is 21.8 Å². The number of amides is 2. The molecule has 1 saturated heterocycles. The molecule has 11 nitrogen and oxygen atoms in total. The Bertz CT molecular complexity index is 1200. The number of likely N-dealkylation sites (tertiary alicyclic amines) is 1. The highest BCUT2D eigenvalue weighted by atomic mass is 32.2. The average Bonchev–Trinajstić information content (AvgIpc) is 3.20. The van der Waals surface area contributed by atoms with Gasteiger partial charge in [0.25, 0.3) is 5.69 Å². The van der Waals surface area contributed by atoms with E-state index >= 15 is 0 Å². The van der Waals surface area contributed by atoms with Gasteiger partial charge < -0.3 is 15.0 Å². The molecule has 0 radical (unpaired) electrons. The van der Waals surface area contributed by atoms with E-state index in [9.17, 15) is 28.1 Å². The molecule has 34 heavy (non-hydrogen) atoms. The lowest BCUT2D eigenvalue weighted by Crippen LogP contribution is -2.40. The van der Waals surface area contributed by atoms with E-state index in [1.165, 1.54) is 19.2 Å². The second-order valence-corrected chi connectivity index (χ2v) is 9.75. The number of benzene rings is 2. The summed E-state index contributed by atoms with van der Waals surface area (Å²) >= 11 is 0. The molecule has 1 fully saturated rings. The molecule has 0 bridgehead atoms. The number of rotatable bonds is 10. The largest absolute Gasteiger partial charge is 0.495 e. The third-order valence-corrected chi connectivity index (χ3v) is 6.58. The molecule has 182 valence electrons. The Morgan fingerprint density at radius 2 is 1.94 bits per heavy atom. The van der Waals surface area contributed by atoms with E-state index < -0.39 is 27.4 Å². The first-order valence-corrected chi connectivity index (χ1v) is 12.4.